The van der Waals surface area contributed by atoms with Gasteiger partial charge in [0.1, 0.15) is 0 Å². The predicted molar refractivity (Wildman–Crippen MR) is 83.2 cm³/mol. The van der Waals surface area contributed by atoms with Gasteiger partial charge in [0, 0.05) is 0 Å². The molecule has 0 amide bonds. The maximum absolute atomic E-state index is 11.9. The summed E-state index contributed by atoms with van der Waals surface area (Å²) in [5, 5.41) is 0. The molecular formula is C16H32O2Sn. The van der Waals surface area contributed by atoms with E-state index in [0.717, 1.165) is 34.4 Å². The second-order valence-corrected chi connectivity index (χ2v) is 11.5. The van der Waals surface area contributed by atoms with Gasteiger partial charge in [0.05, 0.1) is 0 Å². The van der Waals surface area contributed by atoms with Crippen LogP contribution in [0.2, 0.25) is 8.87 Å². The molecule has 0 aromatic heterocycles. The SMILES string of the molecule is CCCCCCC[CH2][Sn](=[O])[CH2]CCCCCCC=O. The Hall–Kier alpha value is 0.269. The molecule has 0 heterocycles. The van der Waals surface area contributed by atoms with E-state index in [1.54, 1.807) is 0 Å². The zero-order chi connectivity index (χ0) is 14.2. The number of hydrogen-bond acceptors (Lipinski definition) is 2. The second-order valence-electron chi connectivity index (χ2n) is 5.53. The molecule has 0 aliphatic carbocycles. The van der Waals surface area contributed by atoms with Crippen LogP contribution in [0.4, 0.5) is 0 Å². The summed E-state index contributed by atoms with van der Waals surface area (Å²) in [6, 6.07) is 0. The van der Waals surface area contributed by atoms with Crippen LogP contribution in [0.3, 0.4) is 0 Å². The van der Waals surface area contributed by atoms with Crippen molar-refractivity contribution in [2.45, 2.75) is 92.8 Å². The summed E-state index contributed by atoms with van der Waals surface area (Å²) < 4.78 is 14.0. The third-order valence-electron chi connectivity index (χ3n) is 3.59. The van der Waals surface area contributed by atoms with Gasteiger partial charge < -0.3 is 0 Å². The molecule has 0 atom stereocenters. The van der Waals surface area contributed by atoms with E-state index in [9.17, 15) is 7.87 Å². The molecule has 19 heavy (non-hydrogen) atoms. The molecule has 2 nitrogen and oxygen atoms in total. The fraction of sp³-hybridized carbons (Fsp3) is 0.938. The zero-order valence-corrected chi connectivity index (χ0v) is 15.6. The van der Waals surface area contributed by atoms with E-state index in [2.05, 4.69) is 6.92 Å². The Morgan fingerprint density at radius 2 is 1.21 bits per heavy atom. The van der Waals surface area contributed by atoms with Gasteiger partial charge in [-0.1, -0.05) is 0 Å². The molecule has 112 valence electrons. The van der Waals surface area contributed by atoms with Crippen molar-refractivity contribution in [1.82, 2.24) is 0 Å². The fourth-order valence-corrected chi connectivity index (χ4v) is 6.70. The van der Waals surface area contributed by atoms with E-state index in [0.29, 0.717) is 6.42 Å². The second kappa shape index (κ2) is 16.3. The summed E-state index contributed by atoms with van der Waals surface area (Å²) in [4.78, 5) is 10.1. The fourth-order valence-electron chi connectivity index (χ4n) is 2.31. The minimum atomic E-state index is -2.17. The molecule has 0 aliphatic heterocycles. The molecular weight excluding hydrogens is 343 g/mol. The van der Waals surface area contributed by atoms with Crippen LogP contribution in [0.5, 0.6) is 0 Å². The number of unbranched alkanes of at least 4 members (excludes halogenated alkanes) is 10. The van der Waals surface area contributed by atoms with Crippen molar-refractivity contribution < 1.29 is 7.87 Å². The van der Waals surface area contributed by atoms with Crippen molar-refractivity contribution in [3.63, 3.8) is 0 Å². The molecule has 0 aromatic rings. The number of hydrogen-bond donors (Lipinski definition) is 0. The van der Waals surface area contributed by atoms with Crippen LogP contribution < -0.4 is 0 Å². The van der Waals surface area contributed by atoms with E-state index >= 15 is 0 Å². The number of aldehydes is 1. The predicted octanol–water partition coefficient (Wildman–Crippen LogP) is 5.31. The Bertz CT molecular complexity index is 217. The average molecular weight is 375 g/mol. The van der Waals surface area contributed by atoms with Gasteiger partial charge in [0.2, 0.25) is 0 Å². The quantitative estimate of drug-likeness (QED) is 0.221. The van der Waals surface area contributed by atoms with Gasteiger partial charge in [-0.2, -0.15) is 0 Å². The molecule has 0 aliphatic rings. The Morgan fingerprint density at radius 1 is 0.737 bits per heavy atom. The summed E-state index contributed by atoms with van der Waals surface area (Å²) in [5.41, 5.74) is 0. The Kier molecular flexibility index (Phi) is 16.6. The van der Waals surface area contributed by atoms with Gasteiger partial charge in [-0.05, 0) is 0 Å². The zero-order valence-electron chi connectivity index (χ0n) is 12.8. The van der Waals surface area contributed by atoms with E-state index in [-0.39, 0.29) is 0 Å². The minimum absolute atomic E-state index is 0.709. The molecule has 0 fully saturated rings. The van der Waals surface area contributed by atoms with Gasteiger partial charge in [-0.25, -0.2) is 0 Å². The maximum atomic E-state index is 11.9. The molecule has 0 spiro atoms. The van der Waals surface area contributed by atoms with Crippen molar-refractivity contribution in [3.05, 3.63) is 0 Å². The number of rotatable bonds is 15. The summed E-state index contributed by atoms with van der Waals surface area (Å²) in [6.45, 7) is 2.24. The Balaban J connectivity index is 3.14. The van der Waals surface area contributed by atoms with Crippen LogP contribution in [-0.2, 0) is 7.87 Å². The van der Waals surface area contributed by atoms with Crippen LogP contribution in [-0.4, -0.2) is 26.0 Å². The van der Waals surface area contributed by atoms with E-state index in [1.807, 2.05) is 0 Å². The van der Waals surface area contributed by atoms with Crippen molar-refractivity contribution in [2.24, 2.45) is 0 Å². The summed E-state index contributed by atoms with van der Waals surface area (Å²) in [6.07, 6.45) is 15.3. The molecule has 0 radical (unpaired) electrons. The Morgan fingerprint density at radius 3 is 1.74 bits per heavy atom. The van der Waals surface area contributed by atoms with Crippen LogP contribution in [0.15, 0.2) is 0 Å². The third-order valence-corrected chi connectivity index (χ3v) is 8.79. The molecule has 0 N–H and O–H groups in total. The molecule has 0 rings (SSSR count). The van der Waals surface area contributed by atoms with Crippen molar-refractivity contribution in [3.8, 4) is 0 Å². The first kappa shape index (κ1) is 19.3. The normalized spacial score (nSPS) is 10.6. The molecule has 3 heteroatoms. The molecule has 0 bridgehead atoms. The Labute approximate surface area is 126 Å². The average Bonchev–Trinajstić information content (AvgIpc) is 2.41. The number of carbonyl (C=O) groups is 1. The van der Waals surface area contributed by atoms with Crippen LogP contribution in [0, 0.1) is 0 Å². The van der Waals surface area contributed by atoms with E-state index < -0.39 is 19.7 Å². The van der Waals surface area contributed by atoms with E-state index in [4.69, 9.17) is 0 Å². The molecule has 0 saturated carbocycles. The van der Waals surface area contributed by atoms with E-state index in [1.165, 1.54) is 51.4 Å². The first-order chi connectivity index (χ1) is 9.31. The first-order valence-electron chi connectivity index (χ1n) is 8.26. The molecule has 0 saturated heterocycles. The van der Waals surface area contributed by atoms with Gasteiger partial charge in [0.15, 0.2) is 0 Å². The molecule has 0 unspecified atom stereocenters. The summed E-state index contributed by atoms with van der Waals surface area (Å²) in [5.74, 6) is 0. The summed E-state index contributed by atoms with van der Waals surface area (Å²) in [7, 11) is 0. The van der Waals surface area contributed by atoms with Crippen LogP contribution in [0.25, 0.3) is 0 Å². The third kappa shape index (κ3) is 16.2. The van der Waals surface area contributed by atoms with Crippen LogP contribution >= 0.6 is 0 Å². The van der Waals surface area contributed by atoms with Crippen molar-refractivity contribution in [2.75, 3.05) is 0 Å². The number of carbonyl (C=O) groups excluding carboxylic acids is 1. The monoisotopic (exact) mass is 376 g/mol. The summed E-state index contributed by atoms with van der Waals surface area (Å²) >= 11 is -2.17. The van der Waals surface area contributed by atoms with Gasteiger partial charge in [-0.15, -0.1) is 0 Å². The van der Waals surface area contributed by atoms with Crippen LogP contribution in [0.1, 0.15) is 84.0 Å². The standard InChI is InChI=1S/C8H15O.C8H17.O.Sn/c1-2-3-4-5-6-7-8-9;1-3-5-7-8-6-4-2;;/h8H,1-7H2;1,3-8H2,2H3;;. The van der Waals surface area contributed by atoms with Crippen molar-refractivity contribution >= 4 is 26.0 Å². The topological polar surface area (TPSA) is 34.1 Å². The van der Waals surface area contributed by atoms with Gasteiger partial charge >= 0.3 is 127 Å². The van der Waals surface area contributed by atoms with Gasteiger partial charge in [-0.3, -0.25) is 0 Å². The first-order valence-corrected chi connectivity index (χ1v) is 13.5. The van der Waals surface area contributed by atoms with Crippen molar-refractivity contribution in [1.29, 1.82) is 0 Å². The molecule has 0 aromatic carbocycles. The van der Waals surface area contributed by atoms with Gasteiger partial charge in [0.25, 0.3) is 0 Å².